The molecule has 4 aromatic rings. The van der Waals surface area contributed by atoms with Crippen LogP contribution in [-0.4, -0.2) is 14.8 Å². The summed E-state index contributed by atoms with van der Waals surface area (Å²) in [6.07, 6.45) is -0.654. The molecule has 2 aromatic heterocycles. The average Bonchev–Trinajstić information content (AvgIpc) is 3.11. The first-order chi connectivity index (χ1) is 14.4. The van der Waals surface area contributed by atoms with Gasteiger partial charge in [0, 0.05) is 34.9 Å². The minimum Gasteiger partial charge on any atom is -0.268 e. The van der Waals surface area contributed by atoms with E-state index in [0.717, 1.165) is 41.1 Å². The molecular formula is C23H17F4N3. The van der Waals surface area contributed by atoms with Gasteiger partial charge in [-0.2, -0.15) is 18.3 Å². The van der Waals surface area contributed by atoms with Crippen LogP contribution in [0.1, 0.15) is 24.1 Å². The van der Waals surface area contributed by atoms with Crippen molar-refractivity contribution in [1.82, 2.24) is 14.8 Å². The highest BCUT2D eigenvalue weighted by molar-refractivity contribution is 5.99. The molecule has 0 saturated heterocycles. The van der Waals surface area contributed by atoms with Gasteiger partial charge < -0.3 is 0 Å². The molecule has 152 valence electrons. The van der Waals surface area contributed by atoms with E-state index in [0.29, 0.717) is 18.5 Å². The van der Waals surface area contributed by atoms with E-state index in [1.165, 1.54) is 12.1 Å². The molecule has 0 aliphatic carbocycles. The zero-order valence-corrected chi connectivity index (χ0v) is 15.9. The molecule has 0 unspecified atom stereocenters. The zero-order valence-electron chi connectivity index (χ0n) is 15.9. The van der Waals surface area contributed by atoms with Crippen LogP contribution in [0.2, 0.25) is 0 Å². The lowest BCUT2D eigenvalue weighted by Crippen LogP contribution is -2.11. The van der Waals surface area contributed by atoms with Crippen LogP contribution < -0.4 is 0 Å². The summed E-state index contributed by atoms with van der Waals surface area (Å²) in [5.74, 6) is -1.29. The number of halogens is 4. The van der Waals surface area contributed by atoms with Crippen LogP contribution in [0.5, 0.6) is 0 Å². The van der Waals surface area contributed by atoms with Gasteiger partial charge in [0.05, 0.1) is 5.52 Å². The van der Waals surface area contributed by atoms with E-state index in [1.54, 1.807) is 16.9 Å². The van der Waals surface area contributed by atoms with E-state index in [4.69, 9.17) is 0 Å². The standard InChI is InChI=1S/C23H17F4N3/c24-17-8-5-7-16(21(17)23(25,26)27)22-20(19-10-3-4-13-30(19)29-22)15-11-12-28-18-9-2-1-6-14(15)18/h1-2,5-9,11-12H,3-4,10,13H2. The number of benzene rings is 2. The molecule has 7 heteroatoms. The Hall–Kier alpha value is -3.22. The Kier molecular flexibility index (Phi) is 4.34. The highest BCUT2D eigenvalue weighted by Gasteiger charge is 2.39. The van der Waals surface area contributed by atoms with Gasteiger partial charge in [0.1, 0.15) is 17.1 Å². The molecule has 0 atom stereocenters. The van der Waals surface area contributed by atoms with E-state index in [1.807, 2.05) is 24.3 Å². The number of aromatic nitrogens is 3. The molecule has 0 saturated carbocycles. The van der Waals surface area contributed by atoms with E-state index in [-0.39, 0.29) is 11.3 Å². The smallest absolute Gasteiger partial charge is 0.268 e. The average molecular weight is 411 g/mol. The molecule has 0 fully saturated rings. The maximum atomic E-state index is 14.3. The largest absolute Gasteiger partial charge is 0.419 e. The van der Waals surface area contributed by atoms with Gasteiger partial charge in [0.25, 0.3) is 0 Å². The lowest BCUT2D eigenvalue weighted by Gasteiger charge is -2.16. The summed E-state index contributed by atoms with van der Waals surface area (Å²) in [5, 5.41) is 5.38. The Balaban J connectivity index is 1.87. The van der Waals surface area contributed by atoms with Gasteiger partial charge in [-0.05, 0) is 43.0 Å². The van der Waals surface area contributed by atoms with Crippen molar-refractivity contribution in [2.24, 2.45) is 0 Å². The maximum absolute atomic E-state index is 14.3. The van der Waals surface area contributed by atoms with E-state index in [2.05, 4.69) is 10.1 Å². The summed E-state index contributed by atoms with van der Waals surface area (Å²) in [5.41, 5.74) is 1.66. The quantitative estimate of drug-likeness (QED) is 0.365. The number of hydrogen-bond acceptors (Lipinski definition) is 2. The number of aryl methyl sites for hydroxylation is 1. The number of fused-ring (bicyclic) bond motifs is 2. The SMILES string of the molecule is Fc1cccc(-c2nn3c(c2-c2ccnc4ccccc24)CCCC3)c1C(F)(F)F. The van der Waals surface area contributed by atoms with Gasteiger partial charge >= 0.3 is 6.18 Å². The molecule has 3 heterocycles. The molecule has 3 nitrogen and oxygen atoms in total. The van der Waals surface area contributed by atoms with Crippen molar-refractivity contribution in [1.29, 1.82) is 0 Å². The fourth-order valence-electron chi connectivity index (χ4n) is 4.28. The molecule has 0 amide bonds. The normalized spacial score (nSPS) is 14.1. The van der Waals surface area contributed by atoms with Crippen molar-refractivity contribution in [2.75, 3.05) is 0 Å². The number of alkyl halides is 3. The third kappa shape index (κ3) is 2.96. The summed E-state index contributed by atoms with van der Waals surface area (Å²) in [4.78, 5) is 4.37. The predicted molar refractivity (Wildman–Crippen MR) is 106 cm³/mol. The minimum atomic E-state index is -4.83. The van der Waals surface area contributed by atoms with Crippen LogP contribution in [0.15, 0.2) is 54.7 Å². The van der Waals surface area contributed by atoms with E-state index >= 15 is 0 Å². The molecule has 1 aliphatic heterocycles. The highest BCUT2D eigenvalue weighted by Crippen LogP contribution is 2.44. The number of nitrogens with zero attached hydrogens (tertiary/aromatic N) is 3. The van der Waals surface area contributed by atoms with Crippen LogP contribution in [-0.2, 0) is 19.1 Å². The van der Waals surface area contributed by atoms with Crippen LogP contribution in [0.4, 0.5) is 17.6 Å². The van der Waals surface area contributed by atoms with Crippen LogP contribution in [0.25, 0.3) is 33.3 Å². The molecule has 0 spiro atoms. The van der Waals surface area contributed by atoms with Gasteiger partial charge in [-0.3, -0.25) is 9.67 Å². The number of para-hydroxylation sites is 1. The highest BCUT2D eigenvalue weighted by atomic mass is 19.4. The number of rotatable bonds is 2. The molecule has 2 aromatic carbocycles. The van der Waals surface area contributed by atoms with Gasteiger partial charge in [0.15, 0.2) is 0 Å². The lowest BCUT2D eigenvalue weighted by atomic mass is 9.92. The zero-order chi connectivity index (χ0) is 20.9. The Labute approximate surface area is 170 Å². The fourth-order valence-corrected chi connectivity index (χ4v) is 4.28. The third-order valence-corrected chi connectivity index (χ3v) is 5.56. The Morgan fingerprint density at radius 1 is 0.900 bits per heavy atom. The predicted octanol–water partition coefficient (Wildman–Crippen LogP) is 6.26. The molecule has 0 radical (unpaired) electrons. The second-order valence-electron chi connectivity index (χ2n) is 7.39. The first kappa shape index (κ1) is 18.8. The topological polar surface area (TPSA) is 30.7 Å². The summed E-state index contributed by atoms with van der Waals surface area (Å²) >= 11 is 0. The van der Waals surface area contributed by atoms with Crippen molar-refractivity contribution in [3.63, 3.8) is 0 Å². The third-order valence-electron chi connectivity index (χ3n) is 5.56. The van der Waals surface area contributed by atoms with Crippen LogP contribution in [0.3, 0.4) is 0 Å². The van der Waals surface area contributed by atoms with Gasteiger partial charge in [-0.15, -0.1) is 0 Å². The van der Waals surface area contributed by atoms with E-state index in [9.17, 15) is 17.6 Å². The summed E-state index contributed by atoms with van der Waals surface area (Å²) in [7, 11) is 0. The molecule has 5 rings (SSSR count). The minimum absolute atomic E-state index is 0.162. The molecule has 30 heavy (non-hydrogen) atoms. The molecule has 1 aliphatic rings. The van der Waals surface area contributed by atoms with Crippen molar-refractivity contribution in [2.45, 2.75) is 32.0 Å². The first-order valence-corrected chi connectivity index (χ1v) is 9.75. The Morgan fingerprint density at radius 3 is 2.57 bits per heavy atom. The lowest BCUT2D eigenvalue weighted by molar-refractivity contribution is -0.139. The van der Waals surface area contributed by atoms with Crippen LogP contribution in [0, 0.1) is 5.82 Å². The van der Waals surface area contributed by atoms with Crippen molar-refractivity contribution in [3.8, 4) is 22.4 Å². The summed E-state index contributed by atoms with van der Waals surface area (Å²) in [6, 6.07) is 12.7. The number of pyridine rings is 1. The van der Waals surface area contributed by atoms with Crippen molar-refractivity contribution in [3.05, 3.63) is 71.8 Å². The second-order valence-corrected chi connectivity index (χ2v) is 7.39. The molecular weight excluding hydrogens is 394 g/mol. The van der Waals surface area contributed by atoms with Crippen LogP contribution >= 0.6 is 0 Å². The fraction of sp³-hybridized carbons (Fsp3) is 0.217. The van der Waals surface area contributed by atoms with Gasteiger partial charge in [-0.1, -0.05) is 30.3 Å². The monoisotopic (exact) mass is 411 g/mol. The molecule has 0 bridgehead atoms. The Morgan fingerprint density at radius 2 is 1.73 bits per heavy atom. The first-order valence-electron chi connectivity index (χ1n) is 9.75. The maximum Gasteiger partial charge on any atom is 0.419 e. The van der Waals surface area contributed by atoms with Crippen molar-refractivity contribution >= 4 is 10.9 Å². The summed E-state index contributed by atoms with van der Waals surface area (Å²) in [6.45, 7) is 0.627. The second kappa shape index (κ2) is 6.93. The summed E-state index contributed by atoms with van der Waals surface area (Å²) < 4.78 is 57.5. The number of hydrogen-bond donors (Lipinski definition) is 0. The molecule has 0 N–H and O–H groups in total. The van der Waals surface area contributed by atoms with Crippen molar-refractivity contribution < 1.29 is 17.6 Å². The van der Waals surface area contributed by atoms with E-state index < -0.39 is 17.6 Å². The Bertz CT molecular complexity index is 1250. The van der Waals surface area contributed by atoms with Gasteiger partial charge in [-0.25, -0.2) is 4.39 Å². The van der Waals surface area contributed by atoms with Gasteiger partial charge in [0.2, 0.25) is 0 Å².